The van der Waals surface area contributed by atoms with Crippen molar-refractivity contribution in [2.75, 3.05) is 5.32 Å². The fourth-order valence-corrected chi connectivity index (χ4v) is 2.90. The van der Waals surface area contributed by atoms with E-state index in [4.69, 9.17) is 0 Å². The van der Waals surface area contributed by atoms with Gasteiger partial charge < -0.3 is 10.6 Å². The molecule has 1 aromatic rings. The third-order valence-electron chi connectivity index (χ3n) is 4.47. The van der Waals surface area contributed by atoms with Crippen LogP contribution in [-0.2, 0) is 9.59 Å². The molecule has 1 aliphatic carbocycles. The summed E-state index contributed by atoms with van der Waals surface area (Å²) in [5.41, 5.74) is 1.86. The molecule has 1 fully saturated rings. The van der Waals surface area contributed by atoms with Crippen LogP contribution in [0.25, 0.3) is 0 Å². The average molecular weight is 302 g/mol. The van der Waals surface area contributed by atoms with Crippen LogP contribution in [-0.4, -0.2) is 17.9 Å². The van der Waals surface area contributed by atoms with E-state index in [-0.39, 0.29) is 6.04 Å². The Hall–Kier alpha value is -1.84. The lowest BCUT2D eigenvalue weighted by molar-refractivity contribution is -0.137. The van der Waals surface area contributed by atoms with E-state index in [0.717, 1.165) is 19.3 Å². The molecular formula is C18H26N2O2. The van der Waals surface area contributed by atoms with Crippen molar-refractivity contribution in [3.8, 4) is 0 Å². The summed E-state index contributed by atoms with van der Waals surface area (Å²) in [6.45, 7) is 6.37. The molecule has 0 unspecified atom stereocenters. The molecule has 0 aromatic heterocycles. The first-order valence-electron chi connectivity index (χ1n) is 8.19. The highest BCUT2D eigenvalue weighted by Gasteiger charge is 2.25. The molecule has 0 spiro atoms. The Morgan fingerprint density at radius 2 is 1.68 bits per heavy atom. The maximum absolute atomic E-state index is 12.0. The average Bonchev–Trinajstić information content (AvgIpc) is 2.50. The van der Waals surface area contributed by atoms with Crippen molar-refractivity contribution < 1.29 is 9.59 Å². The summed E-state index contributed by atoms with van der Waals surface area (Å²) >= 11 is 0. The monoisotopic (exact) mass is 302 g/mol. The molecule has 1 saturated carbocycles. The Balaban J connectivity index is 1.89. The van der Waals surface area contributed by atoms with Crippen LogP contribution in [0.15, 0.2) is 24.3 Å². The van der Waals surface area contributed by atoms with Crippen molar-refractivity contribution in [2.24, 2.45) is 5.92 Å². The van der Waals surface area contributed by atoms with E-state index in [1.54, 1.807) is 0 Å². The van der Waals surface area contributed by atoms with Crippen molar-refractivity contribution in [3.05, 3.63) is 29.8 Å². The van der Waals surface area contributed by atoms with Crippen molar-refractivity contribution in [1.82, 2.24) is 5.32 Å². The predicted molar refractivity (Wildman–Crippen MR) is 88.7 cm³/mol. The highest BCUT2D eigenvalue weighted by molar-refractivity contribution is 6.39. The summed E-state index contributed by atoms with van der Waals surface area (Å²) < 4.78 is 0. The Labute approximate surface area is 132 Å². The Morgan fingerprint density at radius 3 is 2.27 bits per heavy atom. The molecule has 0 saturated heterocycles. The lowest BCUT2D eigenvalue weighted by Gasteiger charge is -2.29. The number of anilines is 1. The zero-order chi connectivity index (χ0) is 16.1. The fourth-order valence-electron chi connectivity index (χ4n) is 2.90. The van der Waals surface area contributed by atoms with Crippen LogP contribution >= 0.6 is 0 Å². The molecule has 22 heavy (non-hydrogen) atoms. The molecule has 4 heteroatoms. The normalized spacial score (nSPS) is 21.5. The minimum Gasteiger partial charge on any atom is -0.345 e. The number of rotatable bonds is 3. The standard InChI is InChI=1S/C18H26N2O2/c1-12(2)14-8-10-15(11-9-14)19-17(21)18(22)20-16-7-5-4-6-13(16)3/h8-13,16H,4-7H2,1-3H3,(H,19,21)(H,20,22)/t13-,16-/m0/s1. The SMILES string of the molecule is CC(C)c1ccc(NC(=O)C(=O)N[C@H]2CCCC[C@@H]2C)cc1. The first-order valence-corrected chi connectivity index (χ1v) is 8.19. The summed E-state index contributed by atoms with van der Waals surface area (Å²) in [6, 6.07) is 7.74. The number of carbonyl (C=O) groups excluding carboxylic acids is 2. The Kier molecular flexibility index (Phi) is 5.58. The van der Waals surface area contributed by atoms with E-state index >= 15 is 0 Å². The van der Waals surface area contributed by atoms with Crippen LogP contribution in [0.1, 0.15) is 57.9 Å². The van der Waals surface area contributed by atoms with Gasteiger partial charge in [-0.1, -0.05) is 45.7 Å². The van der Waals surface area contributed by atoms with Gasteiger partial charge in [0.25, 0.3) is 0 Å². The summed E-state index contributed by atoms with van der Waals surface area (Å²) in [5.74, 6) is -0.238. The number of hydrogen-bond donors (Lipinski definition) is 2. The molecule has 4 nitrogen and oxygen atoms in total. The molecule has 2 amide bonds. The largest absolute Gasteiger partial charge is 0.345 e. The Bertz CT molecular complexity index is 522. The van der Waals surface area contributed by atoms with Crippen molar-refractivity contribution in [1.29, 1.82) is 0 Å². The number of carbonyl (C=O) groups is 2. The maximum Gasteiger partial charge on any atom is 0.313 e. The first kappa shape index (κ1) is 16.5. The summed E-state index contributed by atoms with van der Waals surface area (Å²) in [4.78, 5) is 24.0. The first-order chi connectivity index (χ1) is 10.5. The zero-order valence-electron chi connectivity index (χ0n) is 13.7. The van der Waals surface area contributed by atoms with Gasteiger partial charge in [-0.2, -0.15) is 0 Å². The number of amides is 2. The third-order valence-corrected chi connectivity index (χ3v) is 4.47. The molecule has 1 aromatic carbocycles. The van der Waals surface area contributed by atoms with Crippen LogP contribution in [0.5, 0.6) is 0 Å². The predicted octanol–water partition coefficient (Wildman–Crippen LogP) is 3.44. The van der Waals surface area contributed by atoms with Gasteiger partial charge in [-0.25, -0.2) is 0 Å². The molecule has 120 valence electrons. The van der Waals surface area contributed by atoms with Crippen LogP contribution in [0, 0.1) is 5.92 Å². The Morgan fingerprint density at radius 1 is 1.05 bits per heavy atom. The molecule has 0 aliphatic heterocycles. The molecule has 2 rings (SSSR count). The van der Waals surface area contributed by atoms with E-state index < -0.39 is 11.8 Å². The van der Waals surface area contributed by atoms with Gasteiger partial charge in [-0.05, 0) is 42.4 Å². The van der Waals surface area contributed by atoms with E-state index in [9.17, 15) is 9.59 Å². The van der Waals surface area contributed by atoms with Gasteiger partial charge in [0.15, 0.2) is 0 Å². The van der Waals surface area contributed by atoms with Crippen molar-refractivity contribution in [2.45, 2.75) is 58.4 Å². The van der Waals surface area contributed by atoms with Crippen molar-refractivity contribution >= 4 is 17.5 Å². The van der Waals surface area contributed by atoms with Gasteiger partial charge >= 0.3 is 11.8 Å². The van der Waals surface area contributed by atoms with E-state index in [1.807, 2.05) is 24.3 Å². The zero-order valence-corrected chi connectivity index (χ0v) is 13.7. The number of hydrogen-bond acceptors (Lipinski definition) is 2. The summed E-state index contributed by atoms with van der Waals surface area (Å²) in [6.07, 6.45) is 4.40. The van der Waals surface area contributed by atoms with Gasteiger partial charge in [0.1, 0.15) is 0 Å². The fraction of sp³-hybridized carbons (Fsp3) is 0.556. The number of benzene rings is 1. The van der Waals surface area contributed by atoms with Gasteiger partial charge in [-0.15, -0.1) is 0 Å². The third kappa shape index (κ3) is 4.33. The maximum atomic E-state index is 12.0. The second kappa shape index (κ2) is 7.43. The van der Waals surface area contributed by atoms with Gasteiger partial charge in [-0.3, -0.25) is 9.59 Å². The molecule has 0 radical (unpaired) electrons. The van der Waals surface area contributed by atoms with Crippen LogP contribution in [0.2, 0.25) is 0 Å². The lowest BCUT2D eigenvalue weighted by atomic mass is 9.86. The van der Waals surface area contributed by atoms with Crippen molar-refractivity contribution in [3.63, 3.8) is 0 Å². The van der Waals surface area contributed by atoms with Crippen LogP contribution < -0.4 is 10.6 Å². The lowest BCUT2D eigenvalue weighted by Crippen LogP contribution is -2.45. The second-order valence-electron chi connectivity index (χ2n) is 6.57. The van der Waals surface area contributed by atoms with Gasteiger partial charge in [0, 0.05) is 11.7 Å². The quantitative estimate of drug-likeness (QED) is 0.840. The van der Waals surface area contributed by atoms with Crippen LogP contribution in [0.4, 0.5) is 5.69 Å². The molecule has 0 bridgehead atoms. The summed E-state index contributed by atoms with van der Waals surface area (Å²) in [5, 5.41) is 5.53. The van der Waals surface area contributed by atoms with Gasteiger partial charge in [0.2, 0.25) is 0 Å². The highest BCUT2D eigenvalue weighted by Crippen LogP contribution is 2.23. The molecule has 0 heterocycles. The van der Waals surface area contributed by atoms with E-state index in [0.29, 0.717) is 17.5 Å². The highest BCUT2D eigenvalue weighted by atomic mass is 16.2. The molecule has 1 aliphatic rings. The molecule has 2 N–H and O–H groups in total. The second-order valence-corrected chi connectivity index (χ2v) is 6.57. The minimum atomic E-state index is -0.588. The van der Waals surface area contributed by atoms with E-state index in [2.05, 4.69) is 31.4 Å². The summed E-state index contributed by atoms with van der Waals surface area (Å²) in [7, 11) is 0. The molecular weight excluding hydrogens is 276 g/mol. The molecule has 2 atom stereocenters. The van der Waals surface area contributed by atoms with Crippen LogP contribution in [0.3, 0.4) is 0 Å². The number of nitrogens with one attached hydrogen (secondary N) is 2. The minimum absolute atomic E-state index is 0.121. The topological polar surface area (TPSA) is 58.2 Å². The van der Waals surface area contributed by atoms with E-state index in [1.165, 1.54) is 12.0 Å². The smallest absolute Gasteiger partial charge is 0.313 e. The van der Waals surface area contributed by atoms with Gasteiger partial charge in [0.05, 0.1) is 0 Å².